The zero-order valence-electron chi connectivity index (χ0n) is 19.8. The lowest BCUT2D eigenvalue weighted by atomic mass is 9.59. The molecular weight excluding hydrogens is 472 g/mol. The van der Waals surface area contributed by atoms with E-state index in [0.717, 1.165) is 5.56 Å². The van der Waals surface area contributed by atoms with E-state index in [-0.39, 0.29) is 36.0 Å². The molecule has 0 bridgehead atoms. The van der Waals surface area contributed by atoms with Crippen LogP contribution in [-0.2, 0) is 27.3 Å². The lowest BCUT2D eigenvalue weighted by Crippen LogP contribution is -2.49. The number of nitrogens with one attached hydrogen (secondary N) is 1. The minimum Gasteiger partial charge on any atom is -0.373 e. The van der Waals surface area contributed by atoms with Crippen molar-refractivity contribution in [2.45, 2.75) is 57.5 Å². The summed E-state index contributed by atoms with van der Waals surface area (Å²) in [7, 11) is 0. The van der Waals surface area contributed by atoms with E-state index in [4.69, 9.17) is 4.74 Å². The number of rotatable bonds is 8. The number of ether oxygens (including phenoxy) is 1. The van der Waals surface area contributed by atoms with Gasteiger partial charge in [-0.15, -0.1) is 0 Å². The lowest BCUT2D eigenvalue weighted by Gasteiger charge is -2.48. The molecule has 0 radical (unpaired) electrons. The molecule has 1 N–H and O–H groups in total. The van der Waals surface area contributed by atoms with Crippen LogP contribution in [0.4, 0.5) is 26.3 Å². The van der Waals surface area contributed by atoms with E-state index in [0.29, 0.717) is 31.5 Å². The molecule has 3 rings (SSSR count). The van der Waals surface area contributed by atoms with Crippen molar-refractivity contribution in [3.63, 3.8) is 0 Å². The first-order valence-corrected chi connectivity index (χ1v) is 11.5. The monoisotopic (exact) mass is 501 g/mol. The Hall–Kier alpha value is -2.55. The minimum absolute atomic E-state index is 0.0444. The van der Waals surface area contributed by atoms with Crippen LogP contribution >= 0.6 is 0 Å². The molecule has 1 amide bonds. The largest absolute Gasteiger partial charge is 0.416 e. The second-order valence-corrected chi connectivity index (χ2v) is 9.61. The van der Waals surface area contributed by atoms with Gasteiger partial charge in [-0.1, -0.05) is 44.2 Å². The van der Waals surface area contributed by atoms with Crippen LogP contribution in [0.2, 0.25) is 0 Å². The van der Waals surface area contributed by atoms with Crippen molar-refractivity contribution in [3.8, 4) is 0 Å². The molecule has 1 saturated carbocycles. The van der Waals surface area contributed by atoms with Gasteiger partial charge in [-0.3, -0.25) is 4.79 Å². The number of benzene rings is 2. The summed E-state index contributed by atoms with van der Waals surface area (Å²) >= 11 is 0. The molecule has 0 saturated heterocycles. The summed E-state index contributed by atoms with van der Waals surface area (Å²) in [6.07, 6.45) is -9.46. The van der Waals surface area contributed by atoms with E-state index in [2.05, 4.69) is 5.32 Å². The maximum absolute atomic E-state index is 13.2. The van der Waals surface area contributed by atoms with Crippen molar-refractivity contribution < 1.29 is 35.9 Å². The van der Waals surface area contributed by atoms with Gasteiger partial charge in [-0.25, -0.2) is 0 Å². The van der Waals surface area contributed by atoms with E-state index >= 15 is 0 Å². The van der Waals surface area contributed by atoms with Crippen LogP contribution in [0.1, 0.15) is 62.0 Å². The first-order valence-electron chi connectivity index (χ1n) is 11.5. The smallest absolute Gasteiger partial charge is 0.373 e. The summed E-state index contributed by atoms with van der Waals surface area (Å²) in [5.41, 5.74) is -2.36. The summed E-state index contributed by atoms with van der Waals surface area (Å²) in [6, 6.07) is 11.0. The molecule has 0 unspecified atom stereocenters. The Kier molecular flexibility index (Phi) is 7.89. The molecule has 1 aliphatic carbocycles. The third-order valence-electron chi connectivity index (χ3n) is 6.52. The molecule has 2 aromatic rings. The summed E-state index contributed by atoms with van der Waals surface area (Å²) in [4.78, 5) is 11.9. The van der Waals surface area contributed by atoms with Gasteiger partial charge in [-0.05, 0) is 55.0 Å². The van der Waals surface area contributed by atoms with Crippen LogP contribution in [0.15, 0.2) is 48.5 Å². The third-order valence-corrected chi connectivity index (χ3v) is 6.52. The average molecular weight is 502 g/mol. The molecule has 0 spiro atoms. The van der Waals surface area contributed by atoms with E-state index in [1.165, 1.54) is 6.92 Å². The number of amides is 1. The number of alkyl halides is 6. The Labute approximate surface area is 200 Å². The Balaban J connectivity index is 1.77. The zero-order chi connectivity index (χ0) is 26.0. The van der Waals surface area contributed by atoms with Crippen LogP contribution < -0.4 is 5.32 Å². The highest BCUT2D eigenvalue weighted by Crippen LogP contribution is 2.48. The van der Waals surface area contributed by atoms with Crippen LogP contribution in [0, 0.1) is 11.8 Å². The molecule has 0 aromatic heterocycles. The highest BCUT2D eigenvalue weighted by molar-refractivity contribution is 5.77. The molecule has 3 nitrogen and oxygen atoms in total. The first kappa shape index (κ1) is 27.0. The summed E-state index contributed by atoms with van der Waals surface area (Å²) < 4.78 is 85.4. The van der Waals surface area contributed by atoms with Gasteiger partial charge in [0.25, 0.3) is 0 Å². The van der Waals surface area contributed by atoms with Gasteiger partial charge < -0.3 is 10.1 Å². The van der Waals surface area contributed by atoms with Gasteiger partial charge >= 0.3 is 12.4 Å². The summed E-state index contributed by atoms with van der Waals surface area (Å²) in [5.74, 6) is 0.0199. The van der Waals surface area contributed by atoms with Gasteiger partial charge in [0.1, 0.15) is 0 Å². The number of carbonyl (C=O) groups excluding carboxylic acids is 1. The molecule has 0 aliphatic heterocycles. The molecule has 2 aromatic carbocycles. The lowest BCUT2D eigenvalue weighted by molar-refractivity contribution is -0.143. The predicted molar refractivity (Wildman–Crippen MR) is 120 cm³/mol. The van der Waals surface area contributed by atoms with Crippen LogP contribution in [-0.4, -0.2) is 19.1 Å². The maximum atomic E-state index is 13.2. The van der Waals surface area contributed by atoms with Crippen molar-refractivity contribution >= 4 is 5.91 Å². The fraction of sp³-hybridized carbons (Fsp3) is 0.500. The van der Waals surface area contributed by atoms with Crippen molar-refractivity contribution in [2.75, 3.05) is 13.2 Å². The second-order valence-electron chi connectivity index (χ2n) is 9.61. The Bertz CT molecular complexity index is 978. The summed E-state index contributed by atoms with van der Waals surface area (Å²) in [5, 5.41) is 2.91. The number of carbonyl (C=O) groups is 1. The van der Waals surface area contributed by atoms with E-state index in [1.54, 1.807) is 13.8 Å². The number of hydrogen-bond acceptors (Lipinski definition) is 2. The molecular formula is C26H29F6NO2. The van der Waals surface area contributed by atoms with Gasteiger partial charge in [0.2, 0.25) is 5.91 Å². The molecule has 1 atom stereocenters. The average Bonchev–Trinajstić information content (AvgIpc) is 2.76. The molecule has 1 aliphatic rings. The molecule has 192 valence electrons. The molecule has 9 heteroatoms. The Morgan fingerprint density at radius 3 is 2.00 bits per heavy atom. The summed E-state index contributed by atoms with van der Waals surface area (Å²) in [6.45, 7) is 5.69. The standard InChI is InChI=1S/C26H29F6NO2/c1-16(2)23(34)33-14-18-12-24(13-18,20-7-5-4-6-8-20)15-35-17(3)19-9-21(25(27,28)29)11-22(10-19)26(30,31)32/h4-11,16-18H,12-15H2,1-3H3,(H,33,34)/t17-,18?,24?/m1/s1. The Morgan fingerprint density at radius 1 is 0.971 bits per heavy atom. The van der Waals surface area contributed by atoms with Crippen LogP contribution in [0.3, 0.4) is 0 Å². The maximum Gasteiger partial charge on any atom is 0.416 e. The van der Waals surface area contributed by atoms with Crippen molar-refractivity contribution in [2.24, 2.45) is 11.8 Å². The van der Waals surface area contributed by atoms with Gasteiger partial charge in [0.05, 0.1) is 23.8 Å². The normalized spacial score (nSPS) is 21.5. The van der Waals surface area contributed by atoms with E-state index in [1.807, 2.05) is 30.3 Å². The molecule has 0 heterocycles. The zero-order valence-corrected chi connectivity index (χ0v) is 19.8. The SMILES string of the molecule is CC(C)C(=O)NCC1CC(CO[C@H](C)c2cc(C(F)(F)F)cc(C(F)(F)F)c2)(c2ccccc2)C1. The Morgan fingerprint density at radius 2 is 1.51 bits per heavy atom. The topological polar surface area (TPSA) is 38.3 Å². The molecule has 35 heavy (non-hydrogen) atoms. The van der Waals surface area contributed by atoms with Crippen LogP contribution in [0.5, 0.6) is 0 Å². The van der Waals surface area contributed by atoms with Crippen LogP contribution in [0.25, 0.3) is 0 Å². The van der Waals surface area contributed by atoms with Crippen molar-refractivity contribution in [1.82, 2.24) is 5.32 Å². The number of halogens is 6. The first-order chi connectivity index (χ1) is 16.2. The van der Waals surface area contributed by atoms with Gasteiger partial charge in [0.15, 0.2) is 0 Å². The quantitative estimate of drug-likeness (QED) is 0.399. The third kappa shape index (κ3) is 6.57. The fourth-order valence-electron chi connectivity index (χ4n) is 4.46. The minimum atomic E-state index is -4.91. The van der Waals surface area contributed by atoms with Crippen molar-refractivity contribution in [3.05, 3.63) is 70.8 Å². The number of hydrogen-bond donors (Lipinski definition) is 1. The predicted octanol–water partition coefficient (Wildman–Crippen LogP) is 6.92. The van der Waals surface area contributed by atoms with Crippen molar-refractivity contribution in [1.29, 1.82) is 0 Å². The highest BCUT2D eigenvalue weighted by Gasteiger charge is 2.46. The van der Waals surface area contributed by atoms with E-state index in [9.17, 15) is 31.1 Å². The van der Waals surface area contributed by atoms with Gasteiger partial charge in [-0.2, -0.15) is 26.3 Å². The fourth-order valence-corrected chi connectivity index (χ4v) is 4.46. The van der Waals surface area contributed by atoms with Gasteiger partial charge in [0, 0.05) is 17.9 Å². The highest BCUT2D eigenvalue weighted by atomic mass is 19.4. The van der Waals surface area contributed by atoms with E-state index < -0.39 is 35.0 Å². The molecule has 1 fully saturated rings. The second kappa shape index (κ2) is 10.2.